The van der Waals surface area contributed by atoms with E-state index in [-0.39, 0.29) is 11.1 Å². The van der Waals surface area contributed by atoms with Crippen molar-refractivity contribution in [3.8, 4) is 0 Å². The molecule has 5 heteroatoms. The Kier molecular flexibility index (Phi) is 5.09. The second kappa shape index (κ2) is 6.65. The molecule has 2 rings (SSSR count). The van der Waals surface area contributed by atoms with E-state index in [1.54, 1.807) is 6.92 Å². The van der Waals surface area contributed by atoms with Gasteiger partial charge in [0.25, 0.3) is 0 Å². The third-order valence-electron chi connectivity index (χ3n) is 3.30. The van der Waals surface area contributed by atoms with E-state index in [0.717, 1.165) is 11.3 Å². The quantitative estimate of drug-likeness (QED) is 0.741. The molecule has 0 aliphatic rings. The number of aliphatic hydroxyl groups excluding tert-OH is 1. The average molecular weight is 328 g/mol. The monoisotopic (exact) mass is 327 g/mol. The summed E-state index contributed by atoms with van der Waals surface area (Å²) >= 11 is 12.1. The Bertz CT molecular complexity index is 646. The number of aliphatic hydroxyl groups is 1. The summed E-state index contributed by atoms with van der Waals surface area (Å²) in [5.41, 5.74) is 2.02. The van der Waals surface area contributed by atoms with Gasteiger partial charge < -0.3 is 10.4 Å². The highest BCUT2D eigenvalue weighted by Crippen LogP contribution is 2.35. The summed E-state index contributed by atoms with van der Waals surface area (Å²) in [6.45, 7) is 3.53. The number of benzene rings is 2. The van der Waals surface area contributed by atoms with Gasteiger partial charge in [0.1, 0.15) is 5.82 Å². The van der Waals surface area contributed by atoms with E-state index in [9.17, 15) is 9.50 Å². The van der Waals surface area contributed by atoms with Crippen molar-refractivity contribution < 1.29 is 9.50 Å². The van der Waals surface area contributed by atoms with Crippen LogP contribution in [0.5, 0.6) is 0 Å². The Hall–Kier alpha value is -1.29. The van der Waals surface area contributed by atoms with E-state index < -0.39 is 11.9 Å². The van der Waals surface area contributed by atoms with Crippen LogP contribution in [0, 0.1) is 5.82 Å². The highest BCUT2D eigenvalue weighted by Gasteiger charge is 2.18. The van der Waals surface area contributed by atoms with E-state index in [1.165, 1.54) is 12.1 Å². The predicted molar refractivity (Wildman–Crippen MR) is 85.5 cm³/mol. The lowest BCUT2D eigenvalue weighted by Crippen LogP contribution is -2.11. The highest BCUT2D eigenvalue weighted by molar-refractivity contribution is 6.36. The molecule has 0 saturated heterocycles. The fraction of sp³-hybridized carbons (Fsp3) is 0.250. The van der Waals surface area contributed by atoms with Gasteiger partial charge in [-0.2, -0.15) is 0 Å². The molecule has 2 aromatic carbocycles. The van der Waals surface area contributed by atoms with Crippen molar-refractivity contribution in [3.63, 3.8) is 0 Å². The summed E-state index contributed by atoms with van der Waals surface area (Å²) in [5.74, 6) is -0.506. The van der Waals surface area contributed by atoms with Gasteiger partial charge >= 0.3 is 0 Å². The summed E-state index contributed by atoms with van der Waals surface area (Å²) in [5, 5.41) is 13.4. The van der Waals surface area contributed by atoms with Gasteiger partial charge in [-0.1, -0.05) is 41.4 Å². The first-order valence-electron chi connectivity index (χ1n) is 6.58. The van der Waals surface area contributed by atoms with E-state index in [0.29, 0.717) is 10.6 Å². The number of halogens is 3. The van der Waals surface area contributed by atoms with Crippen molar-refractivity contribution in [1.82, 2.24) is 0 Å². The van der Waals surface area contributed by atoms with Crippen LogP contribution in [0.15, 0.2) is 36.4 Å². The van der Waals surface area contributed by atoms with Crippen LogP contribution in [0.2, 0.25) is 10.0 Å². The Labute approximate surface area is 133 Å². The number of rotatable bonds is 4. The maximum atomic E-state index is 13.6. The minimum absolute atomic E-state index is 0.0111. The van der Waals surface area contributed by atoms with Crippen LogP contribution >= 0.6 is 23.2 Å². The number of hydrogen-bond donors (Lipinski definition) is 2. The fourth-order valence-electron chi connectivity index (χ4n) is 2.24. The van der Waals surface area contributed by atoms with Crippen molar-refractivity contribution in [1.29, 1.82) is 0 Å². The second-order valence-corrected chi connectivity index (χ2v) is 5.67. The molecule has 21 heavy (non-hydrogen) atoms. The summed E-state index contributed by atoms with van der Waals surface area (Å²) in [7, 11) is 0. The highest BCUT2D eigenvalue weighted by atomic mass is 35.5. The maximum Gasteiger partial charge on any atom is 0.142 e. The molecule has 0 heterocycles. The molecular formula is C16H16Cl2FNO. The van der Waals surface area contributed by atoms with Crippen molar-refractivity contribution in [3.05, 3.63) is 63.4 Å². The Morgan fingerprint density at radius 1 is 1.10 bits per heavy atom. The molecule has 0 radical (unpaired) electrons. The molecule has 112 valence electrons. The Balaban J connectivity index is 2.35. The normalized spacial score (nSPS) is 13.8. The van der Waals surface area contributed by atoms with E-state index in [4.69, 9.17) is 23.2 Å². The number of para-hydroxylation sites is 1. The van der Waals surface area contributed by atoms with E-state index in [2.05, 4.69) is 5.32 Å². The van der Waals surface area contributed by atoms with Crippen molar-refractivity contribution >= 4 is 28.9 Å². The Morgan fingerprint density at radius 3 is 2.43 bits per heavy atom. The van der Waals surface area contributed by atoms with Crippen LogP contribution in [0.4, 0.5) is 10.1 Å². The van der Waals surface area contributed by atoms with Gasteiger partial charge in [0.2, 0.25) is 0 Å². The van der Waals surface area contributed by atoms with E-state index in [1.807, 2.05) is 31.2 Å². The third-order valence-corrected chi connectivity index (χ3v) is 4.01. The molecule has 2 N–H and O–H groups in total. The van der Waals surface area contributed by atoms with Crippen molar-refractivity contribution in [2.45, 2.75) is 26.0 Å². The maximum absolute atomic E-state index is 13.6. The van der Waals surface area contributed by atoms with Crippen molar-refractivity contribution in [2.75, 3.05) is 5.32 Å². The van der Waals surface area contributed by atoms with Crippen LogP contribution in [-0.4, -0.2) is 5.11 Å². The van der Waals surface area contributed by atoms with Gasteiger partial charge in [0.15, 0.2) is 0 Å². The molecule has 2 aromatic rings. The lowest BCUT2D eigenvalue weighted by atomic mass is 10.0. The third kappa shape index (κ3) is 3.49. The SMILES string of the molecule is CC(O)c1ccccc1NC(C)c1c(Cl)ccc(F)c1Cl. The van der Waals surface area contributed by atoms with Crippen LogP contribution in [0.3, 0.4) is 0 Å². The average Bonchev–Trinajstić information content (AvgIpc) is 2.43. The molecule has 0 fully saturated rings. The summed E-state index contributed by atoms with van der Waals surface area (Å²) < 4.78 is 13.6. The standard InChI is InChI=1S/C16H16Cl2FNO/c1-9(15-12(17)7-8-13(19)16(15)18)20-14-6-4-3-5-11(14)10(2)21/h3-10,20-21H,1-2H3. The van der Waals surface area contributed by atoms with Gasteiger partial charge in [0.05, 0.1) is 17.2 Å². The lowest BCUT2D eigenvalue weighted by molar-refractivity contribution is 0.200. The largest absolute Gasteiger partial charge is 0.389 e. The molecule has 0 aliphatic heterocycles. The minimum Gasteiger partial charge on any atom is -0.389 e. The predicted octanol–water partition coefficient (Wildman–Crippen LogP) is 5.36. The van der Waals surface area contributed by atoms with Gasteiger partial charge in [-0.15, -0.1) is 0 Å². The molecule has 0 spiro atoms. The van der Waals surface area contributed by atoms with Crippen LogP contribution in [-0.2, 0) is 0 Å². The zero-order valence-corrected chi connectivity index (χ0v) is 13.2. The summed E-state index contributed by atoms with van der Waals surface area (Å²) in [4.78, 5) is 0. The second-order valence-electron chi connectivity index (χ2n) is 4.89. The van der Waals surface area contributed by atoms with E-state index >= 15 is 0 Å². The molecule has 0 amide bonds. The number of anilines is 1. The molecule has 2 atom stereocenters. The molecule has 2 nitrogen and oxygen atoms in total. The molecule has 2 unspecified atom stereocenters. The lowest BCUT2D eigenvalue weighted by Gasteiger charge is -2.21. The van der Waals surface area contributed by atoms with Crippen LogP contribution in [0.25, 0.3) is 0 Å². The molecule has 0 bridgehead atoms. The van der Waals surface area contributed by atoms with Gasteiger partial charge in [-0.25, -0.2) is 4.39 Å². The summed E-state index contributed by atoms with van der Waals surface area (Å²) in [6, 6.07) is 9.80. The van der Waals surface area contributed by atoms with Crippen LogP contribution < -0.4 is 5.32 Å². The smallest absolute Gasteiger partial charge is 0.142 e. The molecule has 0 saturated carbocycles. The van der Waals surface area contributed by atoms with Gasteiger partial charge in [0, 0.05) is 21.8 Å². The van der Waals surface area contributed by atoms with Crippen LogP contribution in [0.1, 0.15) is 37.1 Å². The first kappa shape index (κ1) is 16.1. The zero-order chi connectivity index (χ0) is 15.6. The zero-order valence-electron chi connectivity index (χ0n) is 11.7. The first-order chi connectivity index (χ1) is 9.91. The number of nitrogens with one attached hydrogen (secondary N) is 1. The summed E-state index contributed by atoms with van der Waals surface area (Å²) in [6.07, 6.45) is -0.612. The fourth-order valence-corrected chi connectivity index (χ4v) is 2.94. The van der Waals surface area contributed by atoms with Gasteiger partial charge in [-0.3, -0.25) is 0 Å². The molecule has 0 aliphatic carbocycles. The Morgan fingerprint density at radius 2 is 1.76 bits per heavy atom. The molecular weight excluding hydrogens is 312 g/mol. The minimum atomic E-state index is -0.612. The number of hydrogen-bond acceptors (Lipinski definition) is 2. The molecule has 0 aromatic heterocycles. The van der Waals surface area contributed by atoms with Crippen molar-refractivity contribution in [2.24, 2.45) is 0 Å². The topological polar surface area (TPSA) is 32.3 Å². The van der Waals surface area contributed by atoms with Gasteiger partial charge in [-0.05, 0) is 32.0 Å². The first-order valence-corrected chi connectivity index (χ1v) is 7.34.